The normalized spacial score (nSPS) is 11.7. The van der Waals surface area contributed by atoms with Crippen LogP contribution in [0.2, 0.25) is 0 Å². The van der Waals surface area contributed by atoms with Crippen molar-refractivity contribution in [2.24, 2.45) is 0 Å². The van der Waals surface area contributed by atoms with Crippen molar-refractivity contribution in [2.75, 3.05) is 0 Å². The van der Waals surface area contributed by atoms with Gasteiger partial charge in [0.2, 0.25) is 0 Å². The van der Waals surface area contributed by atoms with Crippen molar-refractivity contribution in [1.29, 1.82) is 0 Å². The molecule has 5 nitrogen and oxygen atoms in total. The predicted octanol–water partition coefficient (Wildman–Crippen LogP) is 1.53. The summed E-state index contributed by atoms with van der Waals surface area (Å²) in [5, 5.41) is 8.35. The summed E-state index contributed by atoms with van der Waals surface area (Å²) in [5.74, 6) is -2.00. The molecular weight excluding hydrogens is 257 g/mol. The number of halogens is 3. The van der Waals surface area contributed by atoms with Gasteiger partial charge in [0.1, 0.15) is 0 Å². The number of thiazole rings is 1. The number of hydrogen-bond acceptors (Lipinski definition) is 5. The van der Waals surface area contributed by atoms with E-state index in [1.54, 1.807) is 10.9 Å². The van der Waals surface area contributed by atoms with Gasteiger partial charge in [-0.1, -0.05) is 5.21 Å². The van der Waals surface area contributed by atoms with Crippen LogP contribution < -0.4 is 0 Å². The van der Waals surface area contributed by atoms with Crippen molar-refractivity contribution in [3.8, 4) is 0 Å². The smallest absolute Gasteiger partial charge is 0.282 e. The van der Waals surface area contributed by atoms with Crippen molar-refractivity contribution in [1.82, 2.24) is 20.0 Å². The van der Waals surface area contributed by atoms with Crippen LogP contribution in [0.25, 0.3) is 0 Å². The Bertz CT molecular complexity index is 519. The number of carbonyl (C=O) groups is 1. The van der Waals surface area contributed by atoms with Crippen molar-refractivity contribution in [3.05, 3.63) is 28.5 Å². The molecule has 0 N–H and O–H groups in total. The molecule has 2 aromatic rings. The highest BCUT2D eigenvalue weighted by Crippen LogP contribution is 2.19. The lowest BCUT2D eigenvalue weighted by atomic mass is 10.3. The van der Waals surface area contributed by atoms with Crippen molar-refractivity contribution in [3.63, 3.8) is 0 Å². The zero-order valence-corrected chi connectivity index (χ0v) is 8.99. The second-order valence-corrected chi connectivity index (χ2v) is 3.83. The lowest BCUT2D eigenvalue weighted by molar-refractivity contribution is -0.0888. The first kappa shape index (κ1) is 11.7. The van der Waals surface area contributed by atoms with Gasteiger partial charge in [-0.2, -0.15) is 13.2 Å². The first-order valence-corrected chi connectivity index (χ1v) is 5.30. The van der Waals surface area contributed by atoms with Crippen LogP contribution in [0.15, 0.2) is 17.1 Å². The third-order valence-electron chi connectivity index (χ3n) is 1.84. The molecule has 9 heteroatoms. The van der Waals surface area contributed by atoms with E-state index in [0.29, 0.717) is 5.69 Å². The number of nitrogens with zero attached hydrogens (tertiary/aromatic N) is 4. The van der Waals surface area contributed by atoms with Gasteiger partial charge in [-0.25, -0.2) is 9.67 Å². The zero-order valence-electron chi connectivity index (χ0n) is 8.18. The highest BCUT2D eigenvalue weighted by molar-refractivity contribution is 7.07. The second-order valence-electron chi connectivity index (χ2n) is 3.11. The summed E-state index contributed by atoms with van der Waals surface area (Å²) in [7, 11) is 0. The van der Waals surface area contributed by atoms with Gasteiger partial charge in [-0.3, -0.25) is 4.79 Å². The van der Waals surface area contributed by atoms with Crippen LogP contribution in [0.5, 0.6) is 0 Å². The molecule has 0 aliphatic heterocycles. The van der Waals surface area contributed by atoms with E-state index in [1.165, 1.54) is 11.3 Å². The Morgan fingerprint density at radius 2 is 2.24 bits per heavy atom. The van der Waals surface area contributed by atoms with Gasteiger partial charge < -0.3 is 0 Å². The van der Waals surface area contributed by atoms with E-state index in [-0.39, 0.29) is 6.54 Å². The fourth-order valence-corrected chi connectivity index (χ4v) is 1.66. The molecule has 0 spiro atoms. The first-order chi connectivity index (χ1) is 7.97. The molecule has 0 fully saturated rings. The Morgan fingerprint density at radius 3 is 2.82 bits per heavy atom. The molecule has 0 atom stereocenters. The Hall–Kier alpha value is -1.77. The second kappa shape index (κ2) is 4.24. The molecule has 2 aromatic heterocycles. The molecule has 0 saturated heterocycles. The molecule has 17 heavy (non-hydrogen) atoms. The maximum Gasteiger partial charge on any atom is 0.456 e. The predicted molar refractivity (Wildman–Crippen MR) is 51.6 cm³/mol. The first-order valence-electron chi connectivity index (χ1n) is 4.35. The molecule has 2 rings (SSSR count). The quantitative estimate of drug-likeness (QED) is 0.787. The SMILES string of the molecule is O=C(c1cn(Cc2cscn2)nn1)C(F)(F)F. The van der Waals surface area contributed by atoms with E-state index in [1.807, 2.05) is 0 Å². The minimum atomic E-state index is -4.93. The van der Waals surface area contributed by atoms with E-state index in [9.17, 15) is 18.0 Å². The Morgan fingerprint density at radius 1 is 1.47 bits per heavy atom. The van der Waals surface area contributed by atoms with Gasteiger partial charge in [0.05, 0.1) is 23.9 Å². The monoisotopic (exact) mass is 262 g/mol. The number of hydrogen-bond donors (Lipinski definition) is 0. The fraction of sp³-hybridized carbons (Fsp3) is 0.250. The minimum absolute atomic E-state index is 0.182. The van der Waals surface area contributed by atoms with Crippen molar-refractivity contribution in [2.45, 2.75) is 12.7 Å². The summed E-state index contributed by atoms with van der Waals surface area (Å²) in [6.45, 7) is 0.182. The van der Waals surface area contributed by atoms with Gasteiger partial charge >= 0.3 is 6.18 Å². The number of ketones is 1. The fourth-order valence-electron chi connectivity index (χ4n) is 1.11. The Balaban J connectivity index is 2.14. The van der Waals surface area contributed by atoms with Crippen LogP contribution in [-0.4, -0.2) is 31.9 Å². The van der Waals surface area contributed by atoms with Gasteiger partial charge in [-0.15, -0.1) is 16.4 Å². The van der Waals surface area contributed by atoms with Crippen LogP contribution in [-0.2, 0) is 6.54 Å². The Kier molecular flexibility index (Phi) is 2.92. The molecule has 0 aromatic carbocycles. The molecule has 0 unspecified atom stereocenters. The molecule has 0 aliphatic carbocycles. The topological polar surface area (TPSA) is 60.7 Å². The number of carbonyl (C=O) groups excluding carboxylic acids is 1. The van der Waals surface area contributed by atoms with Gasteiger partial charge in [0.25, 0.3) is 5.78 Å². The van der Waals surface area contributed by atoms with Crippen LogP contribution in [0.3, 0.4) is 0 Å². The van der Waals surface area contributed by atoms with Crippen LogP contribution >= 0.6 is 11.3 Å². The zero-order chi connectivity index (χ0) is 12.5. The molecule has 0 amide bonds. The summed E-state index contributed by atoms with van der Waals surface area (Å²) in [6, 6.07) is 0. The molecule has 90 valence electrons. The summed E-state index contributed by atoms with van der Waals surface area (Å²) >= 11 is 1.36. The van der Waals surface area contributed by atoms with Gasteiger partial charge in [0, 0.05) is 5.38 Å². The van der Waals surface area contributed by atoms with Crippen LogP contribution in [0, 0.1) is 0 Å². The summed E-state index contributed by atoms with van der Waals surface area (Å²) < 4.78 is 37.4. The van der Waals surface area contributed by atoms with E-state index in [0.717, 1.165) is 10.9 Å². The average molecular weight is 262 g/mol. The van der Waals surface area contributed by atoms with E-state index in [4.69, 9.17) is 0 Å². The lowest BCUT2D eigenvalue weighted by Crippen LogP contribution is -2.23. The standard InChI is InChI=1S/C8H5F3N4OS/c9-8(10,11)7(16)6-2-15(14-13-6)1-5-3-17-4-12-5/h2-4H,1H2. The highest BCUT2D eigenvalue weighted by atomic mass is 32.1. The minimum Gasteiger partial charge on any atom is -0.282 e. The lowest BCUT2D eigenvalue weighted by Gasteiger charge is -1.99. The summed E-state index contributed by atoms with van der Waals surface area (Å²) in [5.41, 5.74) is 1.52. The van der Waals surface area contributed by atoms with Crippen molar-refractivity contribution < 1.29 is 18.0 Å². The van der Waals surface area contributed by atoms with E-state index >= 15 is 0 Å². The number of alkyl halides is 3. The largest absolute Gasteiger partial charge is 0.456 e. The van der Waals surface area contributed by atoms with Crippen molar-refractivity contribution >= 4 is 17.1 Å². The number of rotatable bonds is 3. The maximum atomic E-state index is 12.1. The molecule has 0 saturated carbocycles. The maximum absolute atomic E-state index is 12.1. The van der Waals surface area contributed by atoms with Gasteiger partial charge in [0.15, 0.2) is 5.69 Å². The molecular formula is C8H5F3N4OS. The molecule has 0 aliphatic rings. The molecule has 0 radical (unpaired) electrons. The van der Waals surface area contributed by atoms with E-state index in [2.05, 4.69) is 15.3 Å². The van der Waals surface area contributed by atoms with Gasteiger partial charge in [-0.05, 0) is 0 Å². The summed E-state index contributed by atoms with van der Waals surface area (Å²) in [6.07, 6.45) is -3.98. The Labute approximate surface area is 96.9 Å². The third-order valence-corrected chi connectivity index (χ3v) is 2.47. The average Bonchev–Trinajstić information content (AvgIpc) is 2.87. The van der Waals surface area contributed by atoms with Crippen LogP contribution in [0.1, 0.15) is 16.2 Å². The number of Topliss-reactive ketones (excluding diaryl/α,β-unsaturated/α-hetero) is 1. The van der Waals surface area contributed by atoms with E-state index < -0.39 is 17.7 Å². The molecule has 2 heterocycles. The van der Waals surface area contributed by atoms with Crippen LogP contribution in [0.4, 0.5) is 13.2 Å². The third kappa shape index (κ3) is 2.67. The highest BCUT2D eigenvalue weighted by Gasteiger charge is 2.41. The molecule has 0 bridgehead atoms. The number of aromatic nitrogens is 4. The summed E-state index contributed by atoms with van der Waals surface area (Å²) in [4.78, 5) is 14.8.